The van der Waals surface area contributed by atoms with Crippen LogP contribution in [0.3, 0.4) is 0 Å². The number of benzene rings is 1. The number of allylic oxidation sites excluding steroid dienone is 1. The molecule has 2 nitrogen and oxygen atoms in total. The number of ketones is 1. The summed E-state index contributed by atoms with van der Waals surface area (Å²) < 4.78 is 0. The Labute approximate surface area is 104 Å². The van der Waals surface area contributed by atoms with E-state index >= 15 is 0 Å². The monoisotopic (exact) mass is 204 g/mol. The van der Waals surface area contributed by atoms with Crippen LogP contribution in [0.15, 0.2) is 36.6 Å². The minimum atomic E-state index is -0.365. The smallest absolute Gasteiger partial charge is 0.878 e. The van der Waals surface area contributed by atoms with Crippen LogP contribution in [0.25, 0.3) is 0 Å². The van der Waals surface area contributed by atoms with Gasteiger partial charge in [0.1, 0.15) is 0 Å². The summed E-state index contributed by atoms with van der Waals surface area (Å²) in [5.41, 5.74) is 0.353. The summed E-state index contributed by atoms with van der Waals surface area (Å²) in [5.74, 6) is -0.365. The predicted molar refractivity (Wildman–Crippen MR) is 44.9 cm³/mol. The quantitative estimate of drug-likeness (QED) is 0.252. The summed E-state index contributed by atoms with van der Waals surface area (Å²) in [4.78, 5) is 11.1. The van der Waals surface area contributed by atoms with E-state index in [4.69, 9.17) is 11.6 Å². The molecule has 0 N–H and O–H groups in total. The van der Waals surface area contributed by atoms with Crippen molar-refractivity contribution >= 4 is 17.4 Å². The van der Waals surface area contributed by atoms with Gasteiger partial charge in [0.05, 0.1) is 5.02 Å². The van der Waals surface area contributed by atoms with E-state index in [9.17, 15) is 9.90 Å². The van der Waals surface area contributed by atoms with E-state index in [2.05, 4.69) is 0 Å². The van der Waals surface area contributed by atoms with Crippen molar-refractivity contribution in [1.29, 1.82) is 0 Å². The van der Waals surface area contributed by atoms with Gasteiger partial charge < -0.3 is 5.11 Å². The summed E-state index contributed by atoms with van der Waals surface area (Å²) in [7, 11) is 0. The minimum Gasteiger partial charge on any atom is -0.878 e. The SMILES string of the molecule is O=C(/C=C/[O-])c1ccccc1Cl.[Na+]. The summed E-state index contributed by atoms with van der Waals surface area (Å²) in [5, 5.41) is 10.3. The molecule has 0 bridgehead atoms. The van der Waals surface area contributed by atoms with Crippen LogP contribution in [-0.2, 0) is 0 Å². The average Bonchev–Trinajstić information content (AvgIpc) is 2.05. The van der Waals surface area contributed by atoms with Gasteiger partial charge in [0.15, 0.2) is 5.78 Å². The van der Waals surface area contributed by atoms with Gasteiger partial charge in [-0.2, -0.15) is 0 Å². The topological polar surface area (TPSA) is 40.1 Å². The molecule has 1 aromatic carbocycles. The van der Waals surface area contributed by atoms with Crippen LogP contribution in [-0.4, -0.2) is 5.78 Å². The Kier molecular flexibility index (Phi) is 6.08. The predicted octanol–water partition coefficient (Wildman–Crippen LogP) is -1.60. The molecular weight excluding hydrogens is 199 g/mol. The van der Waals surface area contributed by atoms with Crippen molar-refractivity contribution in [2.45, 2.75) is 0 Å². The van der Waals surface area contributed by atoms with Crippen molar-refractivity contribution in [2.75, 3.05) is 0 Å². The maximum atomic E-state index is 11.1. The molecule has 0 aliphatic heterocycles. The third-order valence-electron chi connectivity index (χ3n) is 1.36. The van der Waals surface area contributed by atoms with Crippen molar-refractivity contribution < 1.29 is 39.5 Å². The van der Waals surface area contributed by atoms with Gasteiger partial charge in [-0.1, -0.05) is 23.7 Å². The third-order valence-corrected chi connectivity index (χ3v) is 1.69. The van der Waals surface area contributed by atoms with Gasteiger partial charge in [-0.25, -0.2) is 0 Å². The Balaban J connectivity index is 0.00000144. The molecule has 1 aromatic rings. The van der Waals surface area contributed by atoms with Crippen LogP contribution >= 0.6 is 11.6 Å². The zero-order valence-corrected chi connectivity index (χ0v) is 9.91. The Morgan fingerprint density at radius 2 is 2.00 bits per heavy atom. The summed E-state index contributed by atoms with van der Waals surface area (Å²) >= 11 is 5.70. The number of hydrogen-bond donors (Lipinski definition) is 0. The number of halogens is 1. The third kappa shape index (κ3) is 3.53. The fourth-order valence-electron chi connectivity index (χ4n) is 0.813. The van der Waals surface area contributed by atoms with Crippen LogP contribution in [0.1, 0.15) is 10.4 Å². The van der Waals surface area contributed by atoms with Crippen molar-refractivity contribution in [2.24, 2.45) is 0 Å². The van der Waals surface area contributed by atoms with E-state index in [-0.39, 0.29) is 35.3 Å². The van der Waals surface area contributed by atoms with Gasteiger partial charge in [-0.05, 0) is 18.2 Å². The molecule has 1 rings (SSSR count). The molecule has 0 unspecified atom stereocenters. The molecule has 0 atom stereocenters. The van der Waals surface area contributed by atoms with Gasteiger partial charge in [0.2, 0.25) is 0 Å². The van der Waals surface area contributed by atoms with E-state index in [0.717, 1.165) is 6.08 Å². The molecule has 0 aliphatic carbocycles. The first-order valence-electron chi connectivity index (χ1n) is 3.33. The molecule has 0 saturated carbocycles. The van der Waals surface area contributed by atoms with Crippen LogP contribution in [0.2, 0.25) is 5.02 Å². The normalized spacial score (nSPS) is 9.62. The van der Waals surface area contributed by atoms with Gasteiger partial charge in [0.25, 0.3) is 0 Å². The second kappa shape index (κ2) is 6.22. The van der Waals surface area contributed by atoms with Gasteiger partial charge >= 0.3 is 29.6 Å². The summed E-state index contributed by atoms with van der Waals surface area (Å²) in [6.07, 6.45) is 1.40. The number of hydrogen-bond acceptors (Lipinski definition) is 2. The van der Waals surface area contributed by atoms with Gasteiger partial charge in [-0.3, -0.25) is 4.79 Å². The molecular formula is C9H6ClNaO2. The Hall–Kier alpha value is -0.280. The van der Waals surface area contributed by atoms with Crippen molar-refractivity contribution in [3.63, 3.8) is 0 Å². The Bertz CT molecular complexity index is 323. The molecule has 0 aromatic heterocycles. The summed E-state index contributed by atoms with van der Waals surface area (Å²) in [6.45, 7) is 0. The Morgan fingerprint density at radius 1 is 1.38 bits per heavy atom. The molecule has 0 spiro atoms. The van der Waals surface area contributed by atoms with E-state index < -0.39 is 0 Å². The first-order chi connectivity index (χ1) is 5.75. The fourth-order valence-corrected chi connectivity index (χ4v) is 1.04. The largest absolute Gasteiger partial charge is 1.00 e. The van der Waals surface area contributed by atoms with Gasteiger partial charge in [-0.15, -0.1) is 6.26 Å². The van der Waals surface area contributed by atoms with Gasteiger partial charge in [0, 0.05) is 5.56 Å². The van der Waals surface area contributed by atoms with Crippen molar-refractivity contribution in [1.82, 2.24) is 0 Å². The number of rotatable bonds is 2. The minimum absolute atomic E-state index is 0. The maximum Gasteiger partial charge on any atom is 1.00 e. The first-order valence-corrected chi connectivity index (χ1v) is 3.71. The van der Waals surface area contributed by atoms with Crippen LogP contribution in [0.4, 0.5) is 0 Å². The second-order valence-electron chi connectivity index (χ2n) is 2.15. The van der Waals surface area contributed by atoms with Crippen molar-refractivity contribution in [3.05, 3.63) is 47.2 Å². The van der Waals surface area contributed by atoms with E-state index in [1.54, 1.807) is 24.3 Å². The Morgan fingerprint density at radius 3 is 2.54 bits per heavy atom. The zero-order chi connectivity index (χ0) is 8.97. The van der Waals surface area contributed by atoms with Crippen LogP contribution < -0.4 is 34.7 Å². The molecule has 62 valence electrons. The molecule has 0 radical (unpaired) electrons. The molecule has 4 heteroatoms. The molecule has 0 fully saturated rings. The van der Waals surface area contributed by atoms with E-state index in [0.29, 0.717) is 16.8 Å². The molecule has 0 amide bonds. The summed E-state index contributed by atoms with van der Waals surface area (Å²) in [6, 6.07) is 6.59. The molecule has 0 heterocycles. The average molecular weight is 205 g/mol. The first kappa shape index (κ1) is 12.7. The maximum absolute atomic E-state index is 11.1. The number of carbonyl (C=O) groups excluding carboxylic acids is 1. The molecule has 0 aliphatic rings. The van der Waals surface area contributed by atoms with Crippen molar-refractivity contribution in [3.8, 4) is 0 Å². The van der Waals surface area contributed by atoms with E-state index in [1.807, 2.05) is 0 Å². The number of carbonyl (C=O) groups is 1. The fraction of sp³-hybridized carbons (Fsp3) is 0. The second-order valence-corrected chi connectivity index (χ2v) is 2.55. The molecule has 0 saturated heterocycles. The van der Waals surface area contributed by atoms with Crippen LogP contribution in [0.5, 0.6) is 0 Å². The molecule has 13 heavy (non-hydrogen) atoms. The van der Waals surface area contributed by atoms with Crippen LogP contribution in [0, 0.1) is 0 Å². The van der Waals surface area contributed by atoms with E-state index in [1.165, 1.54) is 0 Å². The standard InChI is InChI=1S/C9H7ClO2.Na/c10-8-4-2-1-3-7(8)9(12)5-6-11;/h1-6,11H;/q;+1/p-1/b6-5+;. The zero-order valence-electron chi connectivity index (χ0n) is 7.16.